The van der Waals surface area contributed by atoms with E-state index < -0.39 is 0 Å². The summed E-state index contributed by atoms with van der Waals surface area (Å²) in [4.78, 5) is 13.0. The van der Waals surface area contributed by atoms with Crippen LogP contribution in [0.4, 0.5) is 0 Å². The first-order valence-corrected chi connectivity index (χ1v) is 9.84. The molecule has 1 aliphatic heterocycles. The van der Waals surface area contributed by atoms with Gasteiger partial charge in [0.05, 0.1) is 17.7 Å². The number of hydrogen-bond donors (Lipinski definition) is 1. The zero-order valence-corrected chi connectivity index (χ0v) is 16.1. The maximum Gasteiger partial charge on any atom is 0.255 e. The van der Waals surface area contributed by atoms with E-state index in [-0.39, 0.29) is 18.1 Å². The van der Waals surface area contributed by atoms with E-state index in [1.54, 1.807) is 6.07 Å². The van der Waals surface area contributed by atoms with Gasteiger partial charge in [0.15, 0.2) is 0 Å². The second kappa shape index (κ2) is 8.44. The number of nitrogens with one attached hydrogen (secondary N) is 1. The van der Waals surface area contributed by atoms with Gasteiger partial charge in [-0.1, -0.05) is 54.6 Å². The average molecular weight is 375 g/mol. The lowest BCUT2D eigenvalue weighted by atomic mass is 9.99. The van der Waals surface area contributed by atoms with Gasteiger partial charge in [-0.25, -0.2) is 0 Å². The fourth-order valence-electron chi connectivity index (χ4n) is 3.72. The summed E-state index contributed by atoms with van der Waals surface area (Å²) >= 11 is 0. The molecule has 0 aliphatic carbocycles. The molecule has 1 saturated heterocycles. The highest BCUT2D eigenvalue weighted by Gasteiger charge is 2.20. The fraction of sp³-hybridized carbons (Fsp3) is 0.292. The molecule has 0 aromatic heterocycles. The Hall–Kier alpha value is -2.85. The Balaban J connectivity index is 1.50. The summed E-state index contributed by atoms with van der Waals surface area (Å²) in [5, 5.41) is 5.44. The van der Waals surface area contributed by atoms with Crippen molar-refractivity contribution in [1.82, 2.24) is 5.32 Å². The molecular weight excluding hydrogens is 350 g/mol. The predicted octanol–water partition coefficient (Wildman–Crippen LogP) is 4.89. The summed E-state index contributed by atoms with van der Waals surface area (Å²) in [6.45, 7) is 3.28. The summed E-state index contributed by atoms with van der Waals surface area (Å²) in [5.41, 5.74) is 1.65. The molecule has 0 bridgehead atoms. The van der Waals surface area contributed by atoms with Gasteiger partial charge in [-0.3, -0.25) is 4.79 Å². The van der Waals surface area contributed by atoms with E-state index in [0.717, 1.165) is 30.4 Å². The predicted molar refractivity (Wildman–Crippen MR) is 111 cm³/mol. The first kappa shape index (κ1) is 18.5. The Morgan fingerprint density at radius 2 is 1.89 bits per heavy atom. The summed E-state index contributed by atoms with van der Waals surface area (Å²) in [6, 6.07) is 21.7. The van der Waals surface area contributed by atoms with Gasteiger partial charge in [0.25, 0.3) is 5.91 Å². The van der Waals surface area contributed by atoms with Crippen LogP contribution in [0.25, 0.3) is 10.8 Å². The Labute approximate surface area is 165 Å². The lowest BCUT2D eigenvalue weighted by Crippen LogP contribution is -2.27. The van der Waals surface area contributed by atoms with E-state index in [2.05, 4.69) is 29.6 Å². The van der Waals surface area contributed by atoms with Crippen molar-refractivity contribution < 1.29 is 14.3 Å². The van der Waals surface area contributed by atoms with Crippen molar-refractivity contribution in [3.63, 3.8) is 0 Å². The van der Waals surface area contributed by atoms with Crippen molar-refractivity contribution in [2.24, 2.45) is 0 Å². The highest BCUT2D eigenvalue weighted by atomic mass is 16.5. The summed E-state index contributed by atoms with van der Waals surface area (Å²) in [5.74, 6) is 0.462. The number of fused-ring (bicyclic) bond motifs is 1. The largest absolute Gasteiger partial charge is 0.490 e. The molecule has 1 N–H and O–H groups in total. The molecule has 0 spiro atoms. The number of ether oxygens (including phenoxy) is 2. The molecule has 1 aliphatic rings. The van der Waals surface area contributed by atoms with Crippen LogP contribution in [0.5, 0.6) is 5.75 Å². The second-order valence-electron chi connectivity index (χ2n) is 7.21. The van der Waals surface area contributed by atoms with Crippen LogP contribution in [0.2, 0.25) is 0 Å². The molecule has 1 amide bonds. The van der Waals surface area contributed by atoms with Gasteiger partial charge in [0, 0.05) is 6.61 Å². The standard InChI is InChI=1S/C24H25NO3/c1-17(20-13-6-9-18-8-2-3-11-21(18)20)25-24(26)22-12-4-5-14-23(22)28-16-19-10-7-15-27-19/h2-6,8-9,11-14,17,19H,7,10,15-16H2,1H3,(H,25,26)/t17-,19+/m1/s1. The molecule has 1 fully saturated rings. The number of benzene rings is 3. The zero-order valence-electron chi connectivity index (χ0n) is 16.1. The molecule has 3 aromatic carbocycles. The molecule has 28 heavy (non-hydrogen) atoms. The molecular formula is C24H25NO3. The van der Waals surface area contributed by atoms with Gasteiger partial charge >= 0.3 is 0 Å². The van der Waals surface area contributed by atoms with Crippen LogP contribution in [0, 0.1) is 0 Å². The van der Waals surface area contributed by atoms with Crippen LogP contribution in [-0.4, -0.2) is 25.2 Å². The fourth-order valence-corrected chi connectivity index (χ4v) is 3.72. The maximum absolute atomic E-state index is 13.0. The minimum absolute atomic E-state index is 0.116. The van der Waals surface area contributed by atoms with Gasteiger partial charge in [-0.2, -0.15) is 0 Å². The Morgan fingerprint density at radius 1 is 1.11 bits per heavy atom. The van der Waals surface area contributed by atoms with E-state index in [4.69, 9.17) is 9.47 Å². The molecule has 4 nitrogen and oxygen atoms in total. The Kier molecular flexibility index (Phi) is 5.58. The number of carbonyl (C=O) groups excluding carboxylic acids is 1. The molecule has 2 atom stereocenters. The third kappa shape index (κ3) is 4.02. The minimum atomic E-state index is -0.136. The van der Waals surface area contributed by atoms with Gasteiger partial charge in [0.1, 0.15) is 12.4 Å². The second-order valence-corrected chi connectivity index (χ2v) is 7.21. The van der Waals surface area contributed by atoms with E-state index in [1.807, 2.05) is 43.3 Å². The van der Waals surface area contributed by atoms with Crippen molar-refractivity contribution in [2.75, 3.05) is 13.2 Å². The van der Waals surface area contributed by atoms with Gasteiger partial charge in [0.2, 0.25) is 0 Å². The Bertz CT molecular complexity index is 957. The summed E-state index contributed by atoms with van der Waals surface area (Å²) in [7, 11) is 0. The third-order valence-electron chi connectivity index (χ3n) is 5.22. The van der Waals surface area contributed by atoms with Crippen LogP contribution in [-0.2, 0) is 4.74 Å². The van der Waals surface area contributed by atoms with Crippen LogP contribution in [0.15, 0.2) is 66.7 Å². The molecule has 3 aromatic rings. The number of carbonyl (C=O) groups is 1. The van der Waals surface area contributed by atoms with Crippen LogP contribution >= 0.6 is 0 Å². The summed E-state index contributed by atoms with van der Waals surface area (Å²) in [6.07, 6.45) is 2.19. The highest BCUT2D eigenvalue weighted by molar-refractivity contribution is 5.97. The minimum Gasteiger partial charge on any atom is -0.490 e. The van der Waals surface area contributed by atoms with Crippen LogP contribution in [0.3, 0.4) is 0 Å². The smallest absolute Gasteiger partial charge is 0.255 e. The van der Waals surface area contributed by atoms with E-state index >= 15 is 0 Å². The first-order chi connectivity index (χ1) is 13.7. The van der Waals surface area contributed by atoms with Gasteiger partial charge < -0.3 is 14.8 Å². The van der Waals surface area contributed by atoms with Crippen molar-refractivity contribution in [3.05, 3.63) is 77.9 Å². The number of amides is 1. The zero-order chi connectivity index (χ0) is 19.3. The molecule has 0 unspecified atom stereocenters. The number of para-hydroxylation sites is 1. The topological polar surface area (TPSA) is 47.6 Å². The lowest BCUT2D eigenvalue weighted by molar-refractivity contribution is 0.0670. The highest BCUT2D eigenvalue weighted by Crippen LogP contribution is 2.26. The maximum atomic E-state index is 13.0. The van der Waals surface area contributed by atoms with Crippen LogP contribution < -0.4 is 10.1 Å². The SMILES string of the molecule is C[C@@H](NC(=O)c1ccccc1OC[C@@H]1CCCO1)c1cccc2ccccc12. The normalized spacial score (nSPS) is 17.4. The molecule has 0 saturated carbocycles. The molecule has 144 valence electrons. The lowest BCUT2D eigenvalue weighted by Gasteiger charge is -2.18. The van der Waals surface area contributed by atoms with Crippen molar-refractivity contribution in [3.8, 4) is 5.75 Å². The van der Waals surface area contributed by atoms with Gasteiger partial charge in [-0.05, 0) is 48.2 Å². The number of rotatable bonds is 6. The van der Waals surface area contributed by atoms with Crippen molar-refractivity contribution >= 4 is 16.7 Å². The molecule has 1 heterocycles. The monoisotopic (exact) mass is 375 g/mol. The number of hydrogen-bond acceptors (Lipinski definition) is 3. The first-order valence-electron chi connectivity index (χ1n) is 9.84. The average Bonchev–Trinajstić information content (AvgIpc) is 3.25. The van der Waals surface area contributed by atoms with E-state index in [9.17, 15) is 4.79 Å². The van der Waals surface area contributed by atoms with Crippen molar-refractivity contribution in [2.45, 2.75) is 31.9 Å². The van der Waals surface area contributed by atoms with Gasteiger partial charge in [-0.15, -0.1) is 0 Å². The third-order valence-corrected chi connectivity index (χ3v) is 5.22. The summed E-state index contributed by atoms with van der Waals surface area (Å²) < 4.78 is 11.5. The van der Waals surface area contributed by atoms with E-state index in [0.29, 0.717) is 17.9 Å². The molecule has 4 rings (SSSR count). The van der Waals surface area contributed by atoms with Crippen molar-refractivity contribution in [1.29, 1.82) is 0 Å². The Morgan fingerprint density at radius 3 is 2.75 bits per heavy atom. The van der Waals surface area contributed by atoms with E-state index in [1.165, 1.54) is 5.39 Å². The molecule has 0 radical (unpaired) electrons. The van der Waals surface area contributed by atoms with Crippen LogP contribution in [0.1, 0.15) is 41.7 Å². The quantitative estimate of drug-likeness (QED) is 0.667. The molecule has 4 heteroatoms.